The van der Waals surface area contributed by atoms with E-state index in [1.165, 1.54) is 6.08 Å². The Labute approximate surface area is 120 Å². The molecule has 2 rings (SSSR count). The van der Waals surface area contributed by atoms with Gasteiger partial charge in [-0.1, -0.05) is 25.5 Å². The minimum atomic E-state index is -0.951. The third-order valence-corrected chi connectivity index (χ3v) is 5.11. The van der Waals surface area contributed by atoms with Crippen molar-refractivity contribution >= 4 is 5.78 Å². The Balaban J connectivity index is 2.15. The molecule has 20 heavy (non-hydrogen) atoms. The van der Waals surface area contributed by atoms with Gasteiger partial charge in [-0.3, -0.25) is 4.79 Å². The third kappa shape index (κ3) is 2.73. The molecule has 0 aromatic rings. The van der Waals surface area contributed by atoms with E-state index in [1.54, 1.807) is 12.2 Å². The van der Waals surface area contributed by atoms with Crippen LogP contribution in [0.2, 0.25) is 0 Å². The molecule has 0 unspecified atom stereocenters. The molecule has 0 heterocycles. The zero-order valence-electron chi connectivity index (χ0n) is 12.6. The molecule has 2 aliphatic rings. The number of carbonyl (C=O) groups excluding carboxylic acids is 1. The number of allylic oxidation sites excluding steroid dienone is 4. The number of rotatable bonds is 4. The highest BCUT2D eigenvalue weighted by Gasteiger charge is 2.47. The second-order valence-electron chi connectivity index (χ2n) is 6.79. The standard InChI is InChI=1S/C17H25FO2/c1-11(10-19)8-12(2)15-5-4-13-9-14(20)6-7-17(13,3)16(15)18/h6-7,9,11-12,15-16,19H,4-5,8,10H2,1-3H3/t11-,12+,15+,16-,17+/m1/s1. The average molecular weight is 280 g/mol. The highest BCUT2D eigenvalue weighted by Crippen LogP contribution is 2.50. The van der Waals surface area contributed by atoms with E-state index < -0.39 is 11.6 Å². The van der Waals surface area contributed by atoms with Crippen molar-refractivity contribution < 1.29 is 14.3 Å². The lowest BCUT2D eigenvalue weighted by Crippen LogP contribution is -2.43. The Morgan fingerprint density at radius 1 is 1.50 bits per heavy atom. The van der Waals surface area contributed by atoms with Crippen molar-refractivity contribution in [3.05, 3.63) is 23.8 Å². The SMILES string of the molecule is C[C@@H](CO)C[C@H](C)[C@@H]1CCC2=CC(=O)C=C[C@]2(C)[C@@H]1F. The number of carbonyl (C=O) groups is 1. The summed E-state index contributed by atoms with van der Waals surface area (Å²) in [7, 11) is 0. The quantitative estimate of drug-likeness (QED) is 0.856. The summed E-state index contributed by atoms with van der Waals surface area (Å²) in [6, 6.07) is 0. The predicted molar refractivity (Wildman–Crippen MR) is 78.0 cm³/mol. The van der Waals surface area contributed by atoms with E-state index in [0.29, 0.717) is 0 Å². The molecule has 1 saturated carbocycles. The van der Waals surface area contributed by atoms with Crippen LogP contribution in [0.3, 0.4) is 0 Å². The summed E-state index contributed by atoms with van der Waals surface area (Å²) in [6.07, 6.45) is 6.36. The average Bonchev–Trinajstić information content (AvgIpc) is 2.41. The van der Waals surface area contributed by atoms with Crippen molar-refractivity contribution in [2.45, 2.75) is 46.2 Å². The third-order valence-electron chi connectivity index (χ3n) is 5.11. The Morgan fingerprint density at radius 2 is 2.20 bits per heavy atom. The molecule has 0 aromatic carbocycles. The monoisotopic (exact) mass is 280 g/mol. The van der Waals surface area contributed by atoms with E-state index >= 15 is 4.39 Å². The molecule has 0 amide bonds. The van der Waals surface area contributed by atoms with E-state index in [-0.39, 0.29) is 30.1 Å². The van der Waals surface area contributed by atoms with Crippen LogP contribution in [0.15, 0.2) is 23.8 Å². The Morgan fingerprint density at radius 3 is 2.85 bits per heavy atom. The summed E-state index contributed by atoms with van der Waals surface area (Å²) in [5.74, 6) is 0.441. The molecule has 0 bridgehead atoms. The Kier molecular flexibility index (Phi) is 4.48. The van der Waals surface area contributed by atoms with E-state index in [0.717, 1.165) is 24.8 Å². The molecule has 2 aliphatic carbocycles. The first-order valence-electron chi connectivity index (χ1n) is 7.57. The smallest absolute Gasteiger partial charge is 0.178 e. The highest BCUT2D eigenvalue weighted by atomic mass is 19.1. The van der Waals surface area contributed by atoms with Gasteiger partial charge in [0, 0.05) is 12.0 Å². The van der Waals surface area contributed by atoms with Crippen LogP contribution in [0.1, 0.15) is 40.0 Å². The minimum Gasteiger partial charge on any atom is -0.396 e. The van der Waals surface area contributed by atoms with E-state index in [9.17, 15) is 4.79 Å². The van der Waals surface area contributed by atoms with Crippen LogP contribution in [0.5, 0.6) is 0 Å². The number of alkyl halides is 1. The minimum absolute atomic E-state index is 0.00371. The summed E-state index contributed by atoms with van der Waals surface area (Å²) in [4.78, 5) is 11.5. The summed E-state index contributed by atoms with van der Waals surface area (Å²) < 4.78 is 15.0. The molecule has 2 nitrogen and oxygen atoms in total. The van der Waals surface area contributed by atoms with Gasteiger partial charge in [-0.15, -0.1) is 0 Å². The first-order valence-corrected chi connectivity index (χ1v) is 7.57. The first-order chi connectivity index (χ1) is 9.38. The largest absolute Gasteiger partial charge is 0.396 e. The number of ketones is 1. The molecule has 0 aromatic heterocycles. The van der Waals surface area contributed by atoms with Gasteiger partial charge in [-0.05, 0) is 56.1 Å². The zero-order valence-corrected chi connectivity index (χ0v) is 12.6. The fourth-order valence-electron chi connectivity index (χ4n) is 3.72. The summed E-state index contributed by atoms with van der Waals surface area (Å²) in [6.45, 7) is 6.14. The number of fused-ring (bicyclic) bond motifs is 1. The summed E-state index contributed by atoms with van der Waals surface area (Å²) >= 11 is 0. The molecule has 5 atom stereocenters. The maximum Gasteiger partial charge on any atom is 0.178 e. The molecular weight excluding hydrogens is 255 g/mol. The van der Waals surface area contributed by atoms with Gasteiger partial charge in [0.05, 0.1) is 0 Å². The number of aliphatic hydroxyl groups is 1. The van der Waals surface area contributed by atoms with Crippen LogP contribution in [-0.4, -0.2) is 23.7 Å². The second-order valence-corrected chi connectivity index (χ2v) is 6.79. The molecule has 0 radical (unpaired) electrons. The van der Waals surface area contributed by atoms with Crippen LogP contribution < -0.4 is 0 Å². The van der Waals surface area contributed by atoms with E-state index in [2.05, 4.69) is 6.92 Å². The van der Waals surface area contributed by atoms with Gasteiger partial charge >= 0.3 is 0 Å². The lowest BCUT2D eigenvalue weighted by atomic mass is 9.61. The normalized spacial score (nSPS) is 36.2. The molecule has 112 valence electrons. The molecule has 0 saturated heterocycles. The molecule has 0 aliphatic heterocycles. The predicted octanol–water partition coefficient (Wildman–Crippen LogP) is 3.46. The van der Waals surface area contributed by atoms with Gasteiger partial charge in [0.1, 0.15) is 6.17 Å². The van der Waals surface area contributed by atoms with Crippen molar-refractivity contribution in [1.82, 2.24) is 0 Å². The van der Waals surface area contributed by atoms with Gasteiger partial charge in [0.25, 0.3) is 0 Å². The number of aliphatic hydroxyl groups excluding tert-OH is 1. The molecule has 0 spiro atoms. The van der Waals surface area contributed by atoms with Gasteiger partial charge in [-0.2, -0.15) is 0 Å². The topological polar surface area (TPSA) is 37.3 Å². The summed E-state index contributed by atoms with van der Waals surface area (Å²) in [5.41, 5.74) is 0.323. The fraction of sp³-hybridized carbons (Fsp3) is 0.706. The number of hydrogen-bond acceptors (Lipinski definition) is 2. The zero-order chi connectivity index (χ0) is 14.9. The lowest BCUT2D eigenvalue weighted by molar-refractivity contribution is -0.110. The van der Waals surface area contributed by atoms with Crippen molar-refractivity contribution in [2.24, 2.45) is 23.2 Å². The maximum atomic E-state index is 15.0. The van der Waals surface area contributed by atoms with Crippen LogP contribution in [0.4, 0.5) is 4.39 Å². The van der Waals surface area contributed by atoms with Gasteiger partial charge in [0.2, 0.25) is 0 Å². The molecule has 3 heteroatoms. The Hall–Kier alpha value is -0.960. The van der Waals surface area contributed by atoms with Crippen molar-refractivity contribution in [3.8, 4) is 0 Å². The second kappa shape index (κ2) is 5.80. The van der Waals surface area contributed by atoms with Crippen molar-refractivity contribution in [2.75, 3.05) is 6.61 Å². The van der Waals surface area contributed by atoms with Crippen molar-refractivity contribution in [3.63, 3.8) is 0 Å². The van der Waals surface area contributed by atoms with Crippen molar-refractivity contribution in [1.29, 1.82) is 0 Å². The van der Waals surface area contributed by atoms with Crippen LogP contribution >= 0.6 is 0 Å². The molecule has 1 fully saturated rings. The van der Waals surface area contributed by atoms with Crippen LogP contribution in [-0.2, 0) is 4.79 Å². The highest BCUT2D eigenvalue weighted by molar-refractivity contribution is 6.01. The van der Waals surface area contributed by atoms with E-state index in [1.807, 2.05) is 13.8 Å². The molecule has 1 N–H and O–H groups in total. The van der Waals surface area contributed by atoms with Crippen LogP contribution in [0, 0.1) is 23.2 Å². The van der Waals surface area contributed by atoms with E-state index in [4.69, 9.17) is 5.11 Å². The number of halogens is 1. The van der Waals surface area contributed by atoms with Gasteiger partial charge in [0.15, 0.2) is 5.78 Å². The fourth-order valence-corrected chi connectivity index (χ4v) is 3.72. The number of hydrogen-bond donors (Lipinski definition) is 1. The summed E-state index contributed by atoms with van der Waals surface area (Å²) in [5, 5.41) is 9.16. The molecular formula is C17H25FO2. The first kappa shape index (κ1) is 15.4. The van der Waals surface area contributed by atoms with Gasteiger partial charge in [-0.25, -0.2) is 4.39 Å². The van der Waals surface area contributed by atoms with Gasteiger partial charge < -0.3 is 5.11 Å². The van der Waals surface area contributed by atoms with Crippen LogP contribution in [0.25, 0.3) is 0 Å². The lowest BCUT2D eigenvalue weighted by Gasteiger charge is -2.45. The maximum absolute atomic E-state index is 15.0. The Bertz CT molecular complexity index is 440.